The SMILES string of the molecule is CC(Nc1cccc(OCC#N)c1)c1c(F)cccc1F. The first kappa shape index (κ1) is 14.8. The number of nitriles is 1. The molecular formula is C16H14F2N2O. The molecule has 0 aliphatic carbocycles. The van der Waals surface area contributed by atoms with Crippen LogP contribution in [0.3, 0.4) is 0 Å². The second-order valence-electron chi connectivity index (χ2n) is 4.48. The van der Waals surface area contributed by atoms with Gasteiger partial charge in [0.15, 0.2) is 6.61 Å². The molecule has 0 aliphatic rings. The summed E-state index contributed by atoms with van der Waals surface area (Å²) in [6, 6.07) is 12.0. The van der Waals surface area contributed by atoms with Gasteiger partial charge in [-0.2, -0.15) is 5.26 Å². The standard InChI is InChI=1S/C16H14F2N2O/c1-11(16-14(17)6-3-7-15(16)18)20-12-4-2-5-13(10-12)21-9-8-19/h2-7,10-11,20H,9H2,1H3. The van der Waals surface area contributed by atoms with Crippen LogP contribution in [-0.2, 0) is 0 Å². The number of hydrogen-bond acceptors (Lipinski definition) is 3. The van der Waals surface area contributed by atoms with Crippen LogP contribution in [0.1, 0.15) is 18.5 Å². The molecule has 0 spiro atoms. The molecule has 0 saturated carbocycles. The Labute approximate surface area is 121 Å². The Balaban J connectivity index is 2.16. The average Bonchev–Trinajstić information content (AvgIpc) is 2.45. The van der Waals surface area contributed by atoms with E-state index in [9.17, 15) is 8.78 Å². The molecule has 0 aromatic heterocycles. The van der Waals surface area contributed by atoms with Crippen molar-refractivity contribution in [2.75, 3.05) is 11.9 Å². The molecule has 108 valence electrons. The maximum Gasteiger partial charge on any atom is 0.174 e. The van der Waals surface area contributed by atoms with E-state index in [-0.39, 0.29) is 12.2 Å². The van der Waals surface area contributed by atoms with Crippen molar-refractivity contribution in [2.45, 2.75) is 13.0 Å². The van der Waals surface area contributed by atoms with E-state index < -0.39 is 17.7 Å². The van der Waals surface area contributed by atoms with Gasteiger partial charge in [0.2, 0.25) is 0 Å². The van der Waals surface area contributed by atoms with Crippen molar-refractivity contribution in [1.82, 2.24) is 0 Å². The van der Waals surface area contributed by atoms with Crippen molar-refractivity contribution >= 4 is 5.69 Å². The first-order valence-corrected chi connectivity index (χ1v) is 6.42. The molecule has 0 aliphatic heterocycles. The monoisotopic (exact) mass is 288 g/mol. The normalized spacial score (nSPS) is 11.5. The molecular weight excluding hydrogens is 274 g/mol. The topological polar surface area (TPSA) is 45.0 Å². The van der Waals surface area contributed by atoms with E-state index in [0.717, 1.165) is 0 Å². The van der Waals surface area contributed by atoms with Gasteiger partial charge >= 0.3 is 0 Å². The largest absolute Gasteiger partial charge is 0.479 e. The molecule has 0 bridgehead atoms. The number of benzene rings is 2. The Morgan fingerprint density at radius 3 is 2.52 bits per heavy atom. The quantitative estimate of drug-likeness (QED) is 0.903. The van der Waals surface area contributed by atoms with Crippen LogP contribution in [0.25, 0.3) is 0 Å². The van der Waals surface area contributed by atoms with Crippen LogP contribution in [-0.4, -0.2) is 6.61 Å². The number of halogens is 2. The number of ether oxygens (including phenoxy) is 1. The summed E-state index contributed by atoms with van der Waals surface area (Å²) in [7, 11) is 0. The smallest absolute Gasteiger partial charge is 0.174 e. The summed E-state index contributed by atoms with van der Waals surface area (Å²) in [5.41, 5.74) is 0.640. The van der Waals surface area contributed by atoms with Crippen molar-refractivity contribution in [3.63, 3.8) is 0 Å². The predicted octanol–water partition coefficient (Wildman–Crippen LogP) is 4.04. The Morgan fingerprint density at radius 2 is 1.86 bits per heavy atom. The molecule has 0 fully saturated rings. The third-order valence-corrected chi connectivity index (χ3v) is 2.95. The van der Waals surface area contributed by atoms with E-state index >= 15 is 0 Å². The molecule has 3 nitrogen and oxygen atoms in total. The zero-order valence-corrected chi connectivity index (χ0v) is 11.4. The number of hydrogen-bond donors (Lipinski definition) is 1. The number of anilines is 1. The van der Waals surface area contributed by atoms with Crippen LogP contribution < -0.4 is 10.1 Å². The highest BCUT2D eigenvalue weighted by Gasteiger charge is 2.15. The van der Waals surface area contributed by atoms with Gasteiger partial charge in [0, 0.05) is 17.3 Å². The van der Waals surface area contributed by atoms with Crippen LogP contribution in [0, 0.1) is 23.0 Å². The van der Waals surface area contributed by atoms with Gasteiger partial charge in [0.05, 0.1) is 6.04 Å². The molecule has 1 unspecified atom stereocenters. The first-order chi connectivity index (χ1) is 10.1. The Hall–Kier alpha value is -2.61. The van der Waals surface area contributed by atoms with Crippen molar-refractivity contribution in [3.8, 4) is 11.8 Å². The summed E-state index contributed by atoms with van der Waals surface area (Å²) >= 11 is 0. The fourth-order valence-corrected chi connectivity index (χ4v) is 2.04. The second-order valence-corrected chi connectivity index (χ2v) is 4.48. The lowest BCUT2D eigenvalue weighted by molar-refractivity contribution is 0.368. The molecule has 1 atom stereocenters. The highest BCUT2D eigenvalue weighted by Crippen LogP contribution is 2.26. The number of nitrogens with zero attached hydrogens (tertiary/aromatic N) is 1. The van der Waals surface area contributed by atoms with Gasteiger partial charge in [-0.05, 0) is 31.2 Å². The first-order valence-electron chi connectivity index (χ1n) is 6.42. The molecule has 0 amide bonds. The summed E-state index contributed by atoms with van der Waals surface area (Å²) in [5.74, 6) is -0.665. The fraction of sp³-hybridized carbons (Fsp3) is 0.188. The Morgan fingerprint density at radius 1 is 1.19 bits per heavy atom. The summed E-state index contributed by atoms with van der Waals surface area (Å²) in [4.78, 5) is 0. The van der Waals surface area contributed by atoms with Crippen LogP contribution in [0.4, 0.5) is 14.5 Å². The van der Waals surface area contributed by atoms with Crippen molar-refractivity contribution in [2.24, 2.45) is 0 Å². The molecule has 2 rings (SSSR count). The second kappa shape index (κ2) is 6.71. The van der Waals surface area contributed by atoms with Crippen LogP contribution in [0.15, 0.2) is 42.5 Å². The molecule has 0 heterocycles. The van der Waals surface area contributed by atoms with E-state index in [2.05, 4.69) is 5.32 Å². The third kappa shape index (κ3) is 3.69. The van der Waals surface area contributed by atoms with Crippen LogP contribution >= 0.6 is 0 Å². The maximum absolute atomic E-state index is 13.7. The highest BCUT2D eigenvalue weighted by molar-refractivity contribution is 5.50. The van der Waals surface area contributed by atoms with Crippen molar-refractivity contribution < 1.29 is 13.5 Å². The summed E-state index contributed by atoms with van der Waals surface area (Å²) < 4.78 is 32.6. The Bertz CT molecular complexity index is 647. The van der Waals surface area contributed by atoms with Crippen LogP contribution in [0.2, 0.25) is 0 Å². The minimum absolute atomic E-state index is 0.0131. The van der Waals surface area contributed by atoms with E-state index in [1.165, 1.54) is 18.2 Å². The molecule has 5 heteroatoms. The van der Waals surface area contributed by atoms with Gasteiger partial charge in [-0.25, -0.2) is 8.78 Å². The van der Waals surface area contributed by atoms with Crippen molar-refractivity contribution in [1.29, 1.82) is 5.26 Å². The zero-order chi connectivity index (χ0) is 15.2. The van der Waals surface area contributed by atoms with Gasteiger partial charge in [-0.15, -0.1) is 0 Å². The predicted molar refractivity (Wildman–Crippen MR) is 75.9 cm³/mol. The van der Waals surface area contributed by atoms with Gasteiger partial charge in [0.1, 0.15) is 23.5 Å². The van der Waals surface area contributed by atoms with Gasteiger partial charge < -0.3 is 10.1 Å². The zero-order valence-electron chi connectivity index (χ0n) is 11.4. The summed E-state index contributed by atoms with van der Waals surface area (Å²) in [5, 5.41) is 11.5. The van der Waals surface area contributed by atoms with Gasteiger partial charge in [0.25, 0.3) is 0 Å². The fourth-order valence-electron chi connectivity index (χ4n) is 2.04. The van der Waals surface area contributed by atoms with Crippen molar-refractivity contribution in [3.05, 3.63) is 59.7 Å². The van der Waals surface area contributed by atoms with E-state index in [0.29, 0.717) is 11.4 Å². The van der Waals surface area contributed by atoms with Crippen LogP contribution in [0.5, 0.6) is 5.75 Å². The molecule has 21 heavy (non-hydrogen) atoms. The minimum Gasteiger partial charge on any atom is -0.479 e. The minimum atomic E-state index is -0.591. The Kier molecular flexibility index (Phi) is 4.72. The van der Waals surface area contributed by atoms with Gasteiger partial charge in [-0.1, -0.05) is 12.1 Å². The highest BCUT2D eigenvalue weighted by atomic mass is 19.1. The summed E-state index contributed by atoms with van der Waals surface area (Å²) in [6.45, 7) is 1.62. The lowest BCUT2D eigenvalue weighted by atomic mass is 10.1. The van der Waals surface area contributed by atoms with E-state index in [1.54, 1.807) is 31.2 Å². The maximum atomic E-state index is 13.7. The van der Waals surface area contributed by atoms with E-state index in [4.69, 9.17) is 10.00 Å². The number of rotatable bonds is 5. The molecule has 1 N–H and O–H groups in total. The molecule has 0 radical (unpaired) electrons. The third-order valence-electron chi connectivity index (χ3n) is 2.95. The average molecular weight is 288 g/mol. The lowest BCUT2D eigenvalue weighted by Crippen LogP contribution is -2.11. The molecule has 2 aromatic carbocycles. The summed E-state index contributed by atoms with van der Waals surface area (Å²) in [6.07, 6.45) is 0. The molecule has 0 saturated heterocycles. The van der Waals surface area contributed by atoms with Gasteiger partial charge in [-0.3, -0.25) is 0 Å². The van der Waals surface area contributed by atoms with E-state index in [1.807, 2.05) is 6.07 Å². The number of nitrogens with one attached hydrogen (secondary N) is 1. The molecule has 2 aromatic rings. The lowest BCUT2D eigenvalue weighted by Gasteiger charge is -2.17.